The summed E-state index contributed by atoms with van der Waals surface area (Å²) in [5.74, 6) is 1.43. The summed E-state index contributed by atoms with van der Waals surface area (Å²) in [4.78, 5) is 24.8. The molecule has 26 heavy (non-hydrogen) atoms. The first-order chi connectivity index (χ1) is 12.5. The van der Waals surface area contributed by atoms with Crippen molar-refractivity contribution in [2.24, 2.45) is 5.92 Å². The molecule has 3 heterocycles. The second-order valence-corrected chi connectivity index (χ2v) is 8.07. The van der Waals surface area contributed by atoms with Crippen molar-refractivity contribution in [1.29, 1.82) is 0 Å². The Morgan fingerprint density at radius 2 is 2.23 bits per heavy atom. The predicted octanol–water partition coefficient (Wildman–Crippen LogP) is 2.96. The first-order valence-corrected chi connectivity index (χ1v) is 10.3. The van der Waals surface area contributed by atoms with Crippen LogP contribution in [0.3, 0.4) is 0 Å². The summed E-state index contributed by atoms with van der Waals surface area (Å²) in [6.07, 6.45) is 3.75. The third-order valence-corrected chi connectivity index (χ3v) is 5.47. The van der Waals surface area contributed by atoms with E-state index in [2.05, 4.69) is 45.0 Å². The van der Waals surface area contributed by atoms with E-state index in [0.717, 1.165) is 49.3 Å². The Labute approximate surface area is 163 Å². The van der Waals surface area contributed by atoms with Crippen LogP contribution >= 0.6 is 15.9 Å². The molecule has 0 radical (unpaired) electrons. The Hall–Kier alpha value is -1.31. The molecular weight excluding hydrogens is 394 g/mol. The van der Waals surface area contributed by atoms with Gasteiger partial charge in [0.2, 0.25) is 0 Å². The molecule has 3 rings (SSSR count). The topological polar surface area (TPSA) is 63.1 Å². The van der Waals surface area contributed by atoms with Crippen molar-refractivity contribution in [3.05, 3.63) is 32.9 Å². The van der Waals surface area contributed by atoms with Gasteiger partial charge in [0.05, 0.1) is 11.4 Å². The van der Waals surface area contributed by atoms with Crippen LogP contribution in [0.2, 0.25) is 0 Å². The molecule has 0 amide bonds. The smallest absolute Gasteiger partial charge is 0.263 e. The number of rotatable bonds is 5. The average molecular weight is 422 g/mol. The molecule has 1 N–H and O–H groups in total. The van der Waals surface area contributed by atoms with Crippen LogP contribution in [0.5, 0.6) is 0 Å². The highest BCUT2D eigenvalue weighted by Crippen LogP contribution is 2.26. The highest BCUT2D eigenvalue weighted by molar-refractivity contribution is 9.10. The molecule has 0 aliphatic carbocycles. The number of hydrogen-bond donors (Lipinski definition) is 1. The summed E-state index contributed by atoms with van der Waals surface area (Å²) >= 11 is 3.41. The summed E-state index contributed by atoms with van der Waals surface area (Å²) in [6, 6.07) is 1.96. The summed E-state index contributed by atoms with van der Waals surface area (Å²) in [7, 11) is 0. The van der Waals surface area contributed by atoms with Crippen LogP contribution in [-0.4, -0.2) is 45.6 Å². The van der Waals surface area contributed by atoms with E-state index in [9.17, 15) is 4.79 Å². The normalized spacial score (nSPS) is 20.2. The lowest BCUT2D eigenvalue weighted by Gasteiger charge is -2.32. The Morgan fingerprint density at radius 1 is 1.42 bits per heavy atom. The van der Waals surface area contributed by atoms with Gasteiger partial charge in [-0.05, 0) is 47.8 Å². The maximum absolute atomic E-state index is 13.1. The highest BCUT2D eigenvalue weighted by atomic mass is 79.9. The number of fused-ring (bicyclic) bond motifs is 1. The molecular formula is C19H28BrN5O. The first-order valence-electron chi connectivity index (χ1n) is 9.55. The molecule has 2 aromatic rings. The molecule has 0 aromatic carbocycles. The van der Waals surface area contributed by atoms with Crippen molar-refractivity contribution >= 4 is 27.0 Å². The third-order valence-electron chi connectivity index (χ3n) is 5.04. The summed E-state index contributed by atoms with van der Waals surface area (Å²) in [5, 5.41) is 4.08. The summed E-state index contributed by atoms with van der Waals surface area (Å²) in [5.41, 5.74) is 0.545. The van der Waals surface area contributed by atoms with E-state index in [1.807, 2.05) is 17.6 Å². The zero-order valence-corrected chi connectivity index (χ0v) is 17.4. The standard InChI is InChI=1S/C19H28BrN5O/c1-4-6-16(24-8-7-21-10-13(3)12-24)18-23-17-15(9-14(20)11-22-17)19(26)25(18)5-2/h9,11,13,16,21H,4-8,10,12H2,1-3H3/t13?,16-/m0/s1. The van der Waals surface area contributed by atoms with Gasteiger partial charge in [-0.2, -0.15) is 0 Å². The second-order valence-electron chi connectivity index (χ2n) is 7.15. The Balaban J connectivity index is 2.12. The van der Waals surface area contributed by atoms with Gasteiger partial charge in [-0.1, -0.05) is 20.3 Å². The van der Waals surface area contributed by atoms with E-state index < -0.39 is 0 Å². The lowest BCUT2D eigenvalue weighted by atomic mass is 10.1. The van der Waals surface area contributed by atoms with Crippen molar-refractivity contribution in [3.63, 3.8) is 0 Å². The molecule has 0 saturated carbocycles. The van der Waals surface area contributed by atoms with Crippen LogP contribution in [0.25, 0.3) is 11.0 Å². The van der Waals surface area contributed by atoms with Crippen molar-refractivity contribution in [2.75, 3.05) is 26.2 Å². The maximum Gasteiger partial charge on any atom is 0.263 e. The molecule has 0 spiro atoms. The Bertz CT molecular complexity index is 821. The van der Waals surface area contributed by atoms with E-state index in [-0.39, 0.29) is 11.6 Å². The predicted molar refractivity (Wildman–Crippen MR) is 108 cm³/mol. The second kappa shape index (κ2) is 8.59. The van der Waals surface area contributed by atoms with E-state index >= 15 is 0 Å². The quantitative estimate of drug-likeness (QED) is 0.803. The van der Waals surface area contributed by atoms with Gasteiger partial charge in [-0.15, -0.1) is 0 Å². The summed E-state index contributed by atoms with van der Waals surface area (Å²) < 4.78 is 2.64. The molecule has 1 aliphatic heterocycles. The summed E-state index contributed by atoms with van der Waals surface area (Å²) in [6.45, 7) is 11.1. The van der Waals surface area contributed by atoms with Gasteiger partial charge in [0.15, 0.2) is 5.65 Å². The van der Waals surface area contributed by atoms with Crippen LogP contribution in [-0.2, 0) is 6.54 Å². The van der Waals surface area contributed by atoms with E-state index in [1.54, 1.807) is 6.20 Å². The SMILES string of the molecule is CCC[C@@H](c1nc2ncc(Br)cc2c(=O)n1CC)N1CCNCC(C)C1. The number of hydrogen-bond acceptors (Lipinski definition) is 5. The number of nitrogens with one attached hydrogen (secondary N) is 1. The monoisotopic (exact) mass is 421 g/mol. The third kappa shape index (κ3) is 4.00. The fraction of sp³-hybridized carbons (Fsp3) is 0.632. The van der Waals surface area contributed by atoms with Gasteiger partial charge in [-0.3, -0.25) is 14.3 Å². The lowest BCUT2D eigenvalue weighted by Crippen LogP contribution is -2.38. The van der Waals surface area contributed by atoms with Gasteiger partial charge >= 0.3 is 0 Å². The van der Waals surface area contributed by atoms with E-state index in [4.69, 9.17) is 4.98 Å². The molecule has 6 nitrogen and oxygen atoms in total. The number of pyridine rings is 1. The first kappa shape index (κ1) is 19.5. The fourth-order valence-corrected chi connectivity index (χ4v) is 4.15. The average Bonchev–Trinajstić information content (AvgIpc) is 2.84. The molecule has 7 heteroatoms. The molecule has 142 valence electrons. The number of halogens is 1. The van der Waals surface area contributed by atoms with Gasteiger partial charge < -0.3 is 5.32 Å². The van der Waals surface area contributed by atoms with Crippen molar-refractivity contribution in [2.45, 2.75) is 46.2 Å². The molecule has 2 atom stereocenters. The minimum atomic E-state index is 0.00315. The van der Waals surface area contributed by atoms with Gasteiger partial charge in [0.25, 0.3) is 5.56 Å². The molecule has 0 bridgehead atoms. The maximum atomic E-state index is 13.1. The molecule has 1 saturated heterocycles. The van der Waals surface area contributed by atoms with Crippen LogP contribution in [0.1, 0.15) is 45.5 Å². The highest BCUT2D eigenvalue weighted by Gasteiger charge is 2.27. The zero-order chi connectivity index (χ0) is 18.7. The van der Waals surface area contributed by atoms with Crippen LogP contribution in [0, 0.1) is 5.92 Å². The molecule has 1 unspecified atom stereocenters. The van der Waals surface area contributed by atoms with Crippen molar-refractivity contribution in [3.8, 4) is 0 Å². The van der Waals surface area contributed by atoms with Crippen LogP contribution in [0.15, 0.2) is 21.5 Å². The number of nitrogens with zero attached hydrogens (tertiary/aromatic N) is 4. The fourth-order valence-electron chi connectivity index (χ4n) is 3.82. The van der Waals surface area contributed by atoms with Crippen LogP contribution in [0.4, 0.5) is 0 Å². The number of aromatic nitrogens is 3. The lowest BCUT2D eigenvalue weighted by molar-refractivity contribution is 0.169. The minimum absolute atomic E-state index is 0.00315. The Morgan fingerprint density at radius 3 is 2.96 bits per heavy atom. The van der Waals surface area contributed by atoms with E-state index in [1.165, 1.54) is 0 Å². The molecule has 1 aliphatic rings. The Kier molecular flexibility index (Phi) is 6.42. The zero-order valence-electron chi connectivity index (χ0n) is 15.8. The largest absolute Gasteiger partial charge is 0.315 e. The molecule has 2 aromatic heterocycles. The molecule has 1 fully saturated rings. The van der Waals surface area contributed by atoms with Gasteiger partial charge in [-0.25, -0.2) is 9.97 Å². The van der Waals surface area contributed by atoms with Crippen LogP contribution < -0.4 is 10.9 Å². The van der Waals surface area contributed by atoms with Gasteiger partial charge in [0.1, 0.15) is 5.82 Å². The van der Waals surface area contributed by atoms with E-state index in [0.29, 0.717) is 23.5 Å². The minimum Gasteiger partial charge on any atom is -0.315 e. The van der Waals surface area contributed by atoms with Gasteiger partial charge in [0, 0.05) is 36.8 Å². The van der Waals surface area contributed by atoms with Crippen molar-refractivity contribution in [1.82, 2.24) is 24.8 Å². The van der Waals surface area contributed by atoms with Crippen molar-refractivity contribution < 1.29 is 0 Å².